The molecule has 0 amide bonds. The van der Waals surface area contributed by atoms with Crippen LogP contribution >= 0.6 is 0 Å². The average Bonchev–Trinajstić information content (AvgIpc) is 2.80. The highest BCUT2D eigenvalue weighted by atomic mass is 16.4. The Morgan fingerprint density at radius 3 is 2.20 bits per heavy atom. The minimum absolute atomic E-state index is 0.266. The third-order valence-corrected chi connectivity index (χ3v) is 5.89. The molecule has 0 spiro atoms. The van der Waals surface area contributed by atoms with Gasteiger partial charge >= 0.3 is 0 Å². The number of hydrogen-bond donors (Lipinski definition) is 1. The molecular formula is C16H25N3O. The molecule has 0 saturated heterocycles. The molecule has 1 atom stereocenters. The Balaban J connectivity index is 1.68. The molecule has 1 aromatic rings. The van der Waals surface area contributed by atoms with Gasteiger partial charge in [-0.15, -0.1) is 10.2 Å². The Hall–Kier alpha value is -0.900. The molecule has 1 unspecified atom stereocenters. The van der Waals surface area contributed by atoms with Gasteiger partial charge < -0.3 is 9.73 Å². The molecule has 4 aliphatic carbocycles. The van der Waals surface area contributed by atoms with E-state index in [0.717, 1.165) is 30.2 Å². The molecular weight excluding hydrogens is 250 g/mol. The molecule has 4 nitrogen and oxygen atoms in total. The second-order valence-electron chi connectivity index (χ2n) is 7.43. The summed E-state index contributed by atoms with van der Waals surface area (Å²) in [5.41, 5.74) is 0.379. The van der Waals surface area contributed by atoms with Gasteiger partial charge in [0, 0.05) is 6.92 Å². The number of aryl methyl sites for hydroxylation is 1. The Morgan fingerprint density at radius 1 is 1.15 bits per heavy atom. The van der Waals surface area contributed by atoms with Gasteiger partial charge in [-0.05, 0) is 68.2 Å². The van der Waals surface area contributed by atoms with Crippen LogP contribution in [0.25, 0.3) is 0 Å². The Bertz CT molecular complexity index is 460. The van der Waals surface area contributed by atoms with Crippen molar-refractivity contribution in [2.24, 2.45) is 23.2 Å². The summed E-state index contributed by atoms with van der Waals surface area (Å²) in [6.07, 6.45) is 8.50. The highest BCUT2D eigenvalue weighted by Crippen LogP contribution is 2.63. The van der Waals surface area contributed by atoms with Gasteiger partial charge in [0.2, 0.25) is 11.8 Å². The predicted molar refractivity (Wildman–Crippen MR) is 76.1 cm³/mol. The molecule has 1 heterocycles. The van der Waals surface area contributed by atoms with Crippen LogP contribution in [0.3, 0.4) is 0 Å². The van der Waals surface area contributed by atoms with Crippen molar-refractivity contribution < 1.29 is 4.42 Å². The fraction of sp³-hybridized carbons (Fsp3) is 0.875. The van der Waals surface area contributed by atoms with Crippen molar-refractivity contribution in [3.63, 3.8) is 0 Å². The lowest BCUT2D eigenvalue weighted by Gasteiger charge is -2.58. The molecule has 1 aromatic heterocycles. The van der Waals surface area contributed by atoms with Crippen LogP contribution in [-0.4, -0.2) is 16.7 Å². The highest BCUT2D eigenvalue weighted by Gasteiger charge is 2.55. The van der Waals surface area contributed by atoms with Crippen molar-refractivity contribution in [2.45, 2.75) is 58.4 Å². The Kier molecular flexibility index (Phi) is 2.92. The van der Waals surface area contributed by atoms with Crippen LogP contribution in [0.1, 0.15) is 63.3 Å². The van der Waals surface area contributed by atoms with E-state index in [2.05, 4.69) is 22.4 Å². The van der Waals surface area contributed by atoms with Gasteiger partial charge in [0.25, 0.3) is 0 Å². The fourth-order valence-corrected chi connectivity index (χ4v) is 5.73. The summed E-state index contributed by atoms with van der Waals surface area (Å²) < 4.78 is 5.80. The van der Waals surface area contributed by atoms with Gasteiger partial charge in [-0.2, -0.15) is 0 Å². The van der Waals surface area contributed by atoms with E-state index in [1.807, 2.05) is 6.92 Å². The molecule has 0 radical (unpaired) electrons. The summed E-state index contributed by atoms with van der Waals surface area (Å²) in [4.78, 5) is 0. The molecule has 4 saturated carbocycles. The first kappa shape index (κ1) is 12.8. The first-order valence-electron chi connectivity index (χ1n) is 8.22. The van der Waals surface area contributed by atoms with Gasteiger partial charge in [-0.1, -0.05) is 6.92 Å². The molecule has 1 N–H and O–H groups in total. The van der Waals surface area contributed by atoms with E-state index in [0.29, 0.717) is 11.3 Å². The summed E-state index contributed by atoms with van der Waals surface area (Å²) >= 11 is 0. The molecule has 4 bridgehead atoms. The molecule has 4 aliphatic rings. The van der Waals surface area contributed by atoms with E-state index >= 15 is 0 Å². The first-order chi connectivity index (χ1) is 9.68. The maximum Gasteiger partial charge on any atom is 0.233 e. The number of nitrogens with zero attached hydrogens (tertiary/aromatic N) is 2. The minimum Gasteiger partial charge on any atom is -0.424 e. The van der Waals surface area contributed by atoms with Crippen molar-refractivity contribution in [3.8, 4) is 0 Å². The molecule has 0 aromatic carbocycles. The monoisotopic (exact) mass is 275 g/mol. The third kappa shape index (κ3) is 1.92. The molecule has 20 heavy (non-hydrogen) atoms. The van der Waals surface area contributed by atoms with E-state index in [4.69, 9.17) is 4.42 Å². The lowest BCUT2D eigenvalue weighted by Crippen LogP contribution is -2.52. The quantitative estimate of drug-likeness (QED) is 0.916. The average molecular weight is 275 g/mol. The lowest BCUT2D eigenvalue weighted by molar-refractivity contribution is -0.0792. The summed E-state index contributed by atoms with van der Waals surface area (Å²) in [5, 5.41) is 12.1. The van der Waals surface area contributed by atoms with Crippen LogP contribution in [0.5, 0.6) is 0 Å². The molecule has 4 heteroatoms. The summed E-state index contributed by atoms with van der Waals surface area (Å²) in [6.45, 7) is 5.03. The lowest BCUT2D eigenvalue weighted by atomic mass is 9.47. The number of nitrogens with one attached hydrogen (secondary N) is 1. The van der Waals surface area contributed by atoms with Gasteiger partial charge in [0.05, 0.1) is 6.04 Å². The number of hydrogen-bond acceptors (Lipinski definition) is 4. The normalized spacial score (nSPS) is 40.2. The fourth-order valence-electron chi connectivity index (χ4n) is 5.73. The van der Waals surface area contributed by atoms with Crippen LogP contribution in [0.2, 0.25) is 0 Å². The van der Waals surface area contributed by atoms with Crippen molar-refractivity contribution in [2.75, 3.05) is 6.54 Å². The van der Waals surface area contributed by atoms with Crippen LogP contribution in [0.15, 0.2) is 4.42 Å². The summed E-state index contributed by atoms with van der Waals surface area (Å²) in [6, 6.07) is 0.266. The first-order valence-corrected chi connectivity index (χ1v) is 8.22. The Morgan fingerprint density at radius 2 is 1.75 bits per heavy atom. The zero-order valence-corrected chi connectivity index (χ0v) is 12.6. The second kappa shape index (κ2) is 4.55. The second-order valence-corrected chi connectivity index (χ2v) is 7.43. The van der Waals surface area contributed by atoms with E-state index in [9.17, 15) is 0 Å². The minimum atomic E-state index is 0.266. The largest absolute Gasteiger partial charge is 0.424 e. The van der Waals surface area contributed by atoms with Crippen LogP contribution in [0, 0.1) is 30.1 Å². The van der Waals surface area contributed by atoms with E-state index in [1.54, 1.807) is 0 Å². The van der Waals surface area contributed by atoms with Crippen molar-refractivity contribution in [3.05, 3.63) is 11.8 Å². The van der Waals surface area contributed by atoms with Crippen molar-refractivity contribution >= 4 is 0 Å². The van der Waals surface area contributed by atoms with E-state index < -0.39 is 0 Å². The molecule has 0 aliphatic heterocycles. The van der Waals surface area contributed by atoms with Gasteiger partial charge in [-0.25, -0.2) is 0 Å². The number of aromatic nitrogens is 2. The maximum absolute atomic E-state index is 5.80. The maximum atomic E-state index is 5.80. The van der Waals surface area contributed by atoms with Gasteiger partial charge in [0.15, 0.2) is 0 Å². The molecule has 110 valence electrons. The molecule has 5 rings (SSSR count). The Labute approximate surface area is 120 Å². The zero-order chi connectivity index (χ0) is 13.7. The van der Waals surface area contributed by atoms with Gasteiger partial charge in [0.1, 0.15) is 0 Å². The van der Waals surface area contributed by atoms with Crippen LogP contribution in [-0.2, 0) is 0 Å². The van der Waals surface area contributed by atoms with E-state index in [-0.39, 0.29) is 6.04 Å². The van der Waals surface area contributed by atoms with Gasteiger partial charge in [-0.3, -0.25) is 0 Å². The van der Waals surface area contributed by atoms with Crippen LogP contribution in [0.4, 0.5) is 0 Å². The zero-order valence-electron chi connectivity index (χ0n) is 12.6. The highest BCUT2D eigenvalue weighted by molar-refractivity contribution is 5.10. The van der Waals surface area contributed by atoms with E-state index in [1.165, 1.54) is 38.5 Å². The number of rotatable bonds is 4. The van der Waals surface area contributed by atoms with Crippen molar-refractivity contribution in [1.82, 2.24) is 15.5 Å². The van der Waals surface area contributed by atoms with Crippen molar-refractivity contribution in [1.29, 1.82) is 0 Å². The predicted octanol–water partition coefficient (Wildman–Crippen LogP) is 3.25. The van der Waals surface area contributed by atoms with Crippen LogP contribution < -0.4 is 5.32 Å². The summed E-state index contributed by atoms with van der Waals surface area (Å²) in [7, 11) is 0. The smallest absolute Gasteiger partial charge is 0.233 e. The SMILES string of the molecule is CCNC(c1nnc(C)o1)C12CC3CC(CC(C3)C1)C2. The molecule has 4 fully saturated rings. The summed E-state index contributed by atoms with van der Waals surface area (Å²) in [5.74, 6) is 4.36. The topological polar surface area (TPSA) is 51.0 Å². The standard InChI is InChI=1S/C16H25N3O/c1-3-17-14(15-19-18-10(2)20-15)16-7-11-4-12(8-16)6-13(5-11)9-16/h11-14,17H,3-9H2,1-2H3. The third-order valence-electron chi connectivity index (χ3n) is 5.89.